The summed E-state index contributed by atoms with van der Waals surface area (Å²) in [5.41, 5.74) is 3.22. The highest BCUT2D eigenvalue weighted by atomic mass is 32.2. The van der Waals surface area contributed by atoms with Gasteiger partial charge in [-0.2, -0.15) is 0 Å². The van der Waals surface area contributed by atoms with Crippen molar-refractivity contribution in [1.29, 1.82) is 0 Å². The first kappa shape index (κ1) is 21.0. The van der Waals surface area contributed by atoms with E-state index in [4.69, 9.17) is 9.47 Å². The second-order valence-corrected chi connectivity index (χ2v) is 8.95. The largest absolute Gasteiger partial charge is 0.371 e. The minimum atomic E-state index is -3.22. The molecule has 2 aromatic rings. The van der Waals surface area contributed by atoms with Crippen molar-refractivity contribution in [2.45, 2.75) is 31.7 Å². The lowest BCUT2D eigenvalue weighted by molar-refractivity contribution is -0.133. The van der Waals surface area contributed by atoms with Gasteiger partial charge in [0.05, 0.1) is 25.6 Å². The predicted molar refractivity (Wildman–Crippen MR) is 109 cm³/mol. The molecule has 7 heteroatoms. The zero-order valence-corrected chi connectivity index (χ0v) is 17.1. The second-order valence-electron chi connectivity index (χ2n) is 7.17. The van der Waals surface area contributed by atoms with Gasteiger partial charge in [0.1, 0.15) is 6.10 Å². The highest BCUT2D eigenvalue weighted by Gasteiger charge is 2.23. The maximum absolute atomic E-state index is 11.3. The molecule has 2 N–H and O–H groups in total. The molecule has 0 spiro atoms. The van der Waals surface area contributed by atoms with Gasteiger partial charge in [0.2, 0.25) is 10.0 Å². The molecule has 2 unspecified atom stereocenters. The van der Waals surface area contributed by atoms with Crippen LogP contribution in [-0.2, 0) is 26.0 Å². The number of nitrogens with one attached hydrogen (secondary N) is 2. The SMILES string of the molecule is C[C@@H](NS(C)(=O)=O)c1ccc(CNCC2COC(c3ccccc3)CO2)cc1. The summed E-state index contributed by atoms with van der Waals surface area (Å²) in [6, 6.07) is 17.8. The summed E-state index contributed by atoms with van der Waals surface area (Å²) in [5, 5.41) is 3.40. The maximum atomic E-state index is 11.3. The van der Waals surface area contributed by atoms with Gasteiger partial charge < -0.3 is 14.8 Å². The molecule has 1 aliphatic rings. The summed E-state index contributed by atoms with van der Waals surface area (Å²) in [6.45, 7) is 4.40. The van der Waals surface area contributed by atoms with Crippen molar-refractivity contribution in [2.24, 2.45) is 0 Å². The Morgan fingerprint density at radius 3 is 2.36 bits per heavy atom. The third-order valence-corrected chi connectivity index (χ3v) is 5.49. The second kappa shape index (κ2) is 9.62. The van der Waals surface area contributed by atoms with Crippen LogP contribution >= 0.6 is 0 Å². The Morgan fingerprint density at radius 2 is 1.75 bits per heavy atom. The van der Waals surface area contributed by atoms with Crippen molar-refractivity contribution in [3.05, 3.63) is 71.3 Å². The first-order valence-electron chi connectivity index (χ1n) is 9.46. The molecule has 1 fully saturated rings. The summed E-state index contributed by atoms with van der Waals surface area (Å²) in [4.78, 5) is 0. The molecule has 3 atom stereocenters. The fourth-order valence-electron chi connectivity index (χ4n) is 3.21. The van der Waals surface area contributed by atoms with Gasteiger partial charge >= 0.3 is 0 Å². The average molecular weight is 405 g/mol. The zero-order chi connectivity index (χ0) is 20.0. The van der Waals surface area contributed by atoms with E-state index >= 15 is 0 Å². The fourth-order valence-corrected chi connectivity index (χ4v) is 3.99. The Labute approximate surface area is 167 Å². The molecule has 0 amide bonds. The third-order valence-electron chi connectivity index (χ3n) is 4.71. The number of hydrogen-bond acceptors (Lipinski definition) is 5. The third kappa shape index (κ3) is 6.39. The Kier molecular flexibility index (Phi) is 7.20. The molecule has 28 heavy (non-hydrogen) atoms. The Bertz CT molecular complexity index is 832. The van der Waals surface area contributed by atoms with E-state index in [0.717, 1.165) is 29.8 Å². The molecule has 152 valence electrons. The Morgan fingerprint density at radius 1 is 1.04 bits per heavy atom. The van der Waals surface area contributed by atoms with Gasteiger partial charge in [-0.25, -0.2) is 13.1 Å². The van der Waals surface area contributed by atoms with E-state index in [-0.39, 0.29) is 18.2 Å². The fraction of sp³-hybridized carbons (Fsp3) is 0.429. The Hall–Kier alpha value is -1.77. The molecule has 1 heterocycles. The molecular weight excluding hydrogens is 376 g/mol. The summed E-state index contributed by atoms with van der Waals surface area (Å²) >= 11 is 0. The van der Waals surface area contributed by atoms with E-state index in [2.05, 4.69) is 22.2 Å². The average Bonchev–Trinajstić information content (AvgIpc) is 2.68. The topological polar surface area (TPSA) is 76.7 Å². The van der Waals surface area contributed by atoms with Crippen LogP contribution in [0.25, 0.3) is 0 Å². The first-order valence-corrected chi connectivity index (χ1v) is 11.3. The number of ether oxygens (including phenoxy) is 2. The predicted octanol–water partition coefficient (Wildman–Crippen LogP) is 2.54. The quantitative estimate of drug-likeness (QED) is 0.707. The van der Waals surface area contributed by atoms with E-state index in [9.17, 15) is 8.42 Å². The van der Waals surface area contributed by atoms with Gasteiger partial charge in [0.25, 0.3) is 0 Å². The number of sulfonamides is 1. The smallest absolute Gasteiger partial charge is 0.209 e. The highest BCUT2D eigenvalue weighted by molar-refractivity contribution is 7.88. The van der Waals surface area contributed by atoms with E-state index in [1.165, 1.54) is 6.26 Å². The monoisotopic (exact) mass is 404 g/mol. The lowest BCUT2D eigenvalue weighted by Gasteiger charge is -2.30. The van der Waals surface area contributed by atoms with Crippen LogP contribution in [0.4, 0.5) is 0 Å². The molecule has 1 saturated heterocycles. The summed E-state index contributed by atoms with van der Waals surface area (Å²) in [7, 11) is -3.22. The molecule has 0 radical (unpaired) electrons. The van der Waals surface area contributed by atoms with Crippen LogP contribution in [0.5, 0.6) is 0 Å². The van der Waals surface area contributed by atoms with E-state index in [1.54, 1.807) is 0 Å². The van der Waals surface area contributed by atoms with Crippen LogP contribution in [0.15, 0.2) is 54.6 Å². The van der Waals surface area contributed by atoms with Gasteiger partial charge in [-0.15, -0.1) is 0 Å². The maximum Gasteiger partial charge on any atom is 0.209 e. The van der Waals surface area contributed by atoms with Crippen LogP contribution in [0, 0.1) is 0 Å². The van der Waals surface area contributed by atoms with Gasteiger partial charge in [-0.05, 0) is 23.6 Å². The normalized spacial score (nSPS) is 21.4. The molecule has 0 bridgehead atoms. The Balaban J connectivity index is 1.40. The van der Waals surface area contributed by atoms with Crippen molar-refractivity contribution < 1.29 is 17.9 Å². The molecule has 3 rings (SSSR count). The minimum Gasteiger partial charge on any atom is -0.371 e. The van der Waals surface area contributed by atoms with Crippen molar-refractivity contribution in [3.8, 4) is 0 Å². The summed E-state index contributed by atoms with van der Waals surface area (Å²) in [5.74, 6) is 0. The van der Waals surface area contributed by atoms with Crippen molar-refractivity contribution >= 4 is 10.0 Å². The molecule has 0 saturated carbocycles. The standard InChI is InChI=1S/C21H28N2O4S/c1-16(23-28(2,24)25)18-10-8-17(9-11-18)12-22-13-20-14-27-21(15-26-20)19-6-4-3-5-7-19/h3-11,16,20-23H,12-15H2,1-2H3/t16-,20?,21?/m1/s1. The van der Waals surface area contributed by atoms with E-state index in [0.29, 0.717) is 13.2 Å². The van der Waals surface area contributed by atoms with Gasteiger partial charge in [0.15, 0.2) is 0 Å². The first-order chi connectivity index (χ1) is 13.4. The molecule has 1 aliphatic heterocycles. The van der Waals surface area contributed by atoms with Crippen LogP contribution < -0.4 is 10.0 Å². The number of rotatable bonds is 8. The lowest BCUT2D eigenvalue weighted by Crippen LogP contribution is -2.38. The van der Waals surface area contributed by atoms with Crippen LogP contribution in [0.2, 0.25) is 0 Å². The number of benzene rings is 2. The van der Waals surface area contributed by atoms with Gasteiger partial charge in [0, 0.05) is 19.1 Å². The summed E-state index contributed by atoms with van der Waals surface area (Å²) in [6.07, 6.45) is 1.21. The molecule has 0 aliphatic carbocycles. The molecule has 0 aromatic heterocycles. The van der Waals surface area contributed by atoms with Crippen LogP contribution in [0.3, 0.4) is 0 Å². The highest BCUT2D eigenvalue weighted by Crippen LogP contribution is 2.22. The van der Waals surface area contributed by atoms with Crippen molar-refractivity contribution in [1.82, 2.24) is 10.0 Å². The van der Waals surface area contributed by atoms with E-state index in [1.807, 2.05) is 49.4 Å². The van der Waals surface area contributed by atoms with Crippen LogP contribution in [-0.4, -0.2) is 40.5 Å². The molecule has 2 aromatic carbocycles. The van der Waals surface area contributed by atoms with Gasteiger partial charge in [-0.1, -0.05) is 54.6 Å². The zero-order valence-electron chi connectivity index (χ0n) is 16.3. The molecular formula is C21H28N2O4S. The van der Waals surface area contributed by atoms with Crippen LogP contribution in [0.1, 0.15) is 35.8 Å². The molecule has 6 nitrogen and oxygen atoms in total. The van der Waals surface area contributed by atoms with Crippen molar-refractivity contribution in [3.63, 3.8) is 0 Å². The van der Waals surface area contributed by atoms with E-state index < -0.39 is 10.0 Å². The summed E-state index contributed by atoms with van der Waals surface area (Å²) < 4.78 is 37.1. The number of hydrogen-bond donors (Lipinski definition) is 2. The van der Waals surface area contributed by atoms with Crippen molar-refractivity contribution in [2.75, 3.05) is 26.0 Å². The lowest BCUT2D eigenvalue weighted by atomic mass is 10.1. The minimum absolute atomic E-state index is 0.00697. The van der Waals surface area contributed by atoms with Gasteiger partial charge in [-0.3, -0.25) is 0 Å².